The van der Waals surface area contributed by atoms with Crippen molar-refractivity contribution in [3.8, 4) is 11.1 Å². The molecule has 42 heavy (non-hydrogen) atoms. The normalized spacial score (nSPS) is 14.4. The Morgan fingerprint density at radius 1 is 1.05 bits per heavy atom. The van der Waals surface area contributed by atoms with E-state index < -0.39 is 5.82 Å². The third kappa shape index (κ3) is 6.44. The molecule has 1 fully saturated rings. The van der Waals surface area contributed by atoms with E-state index in [1.807, 2.05) is 18.2 Å². The van der Waals surface area contributed by atoms with Crippen LogP contribution in [0.1, 0.15) is 71.3 Å². The highest BCUT2D eigenvalue weighted by Crippen LogP contribution is 2.31. The van der Waals surface area contributed by atoms with E-state index in [1.165, 1.54) is 22.0 Å². The lowest BCUT2D eigenvalue weighted by atomic mass is 9.94. The number of pyridine rings is 1. The zero-order valence-electron chi connectivity index (χ0n) is 24.7. The third-order valence-electron chi connectivity index (χ3n) is 7.82. The molecule has 0 radical (unpaired) electrons. The predicted molar refractivity (Wildman–Crippen MR) is 168 cm³/mol. The van der Waals surface area contributed by atoms with Crippen LogP contribution in [0.25, 0.3) is 11.1 Å². The molecular weight excluding hydrogens is 551 g/mol. The first kappa shape index (κ1) is 29.6. The van der Waals surface area contributed by atoms with Crippen molar-refractivity contribution >= 4 is 34.4 Å². The summed E-state index contributed by atoms with van der Waals surface area (Å²) in [5, 5.41) is 14.6. The summed E-state index contributed by atoms with van der Waals surface area (Å²) in [7, 11) is 3.79. The van der Waals surface area contributed by atoms with Crippen molar-refractivity contribution in [2.75, 3.05) is 30.8 Å². The highest BCUT2D eigenvalue weighted by atomic mass is 32.1. The summed E-state index contributed by atoms with van der Waals surface area (Å²) in [5.74, 6) is 0.275. The number of amides is 1. The van der Waals surface area contributed by atoms with E-state index in [0.29, 0.717) is 39.3 Å². The fourth-order valence-electron chi connectivity index (χ4n) is 5.33. The van der Waals surface area contributed by atoms with Gasteiger partial charge in [0.05, 0.1) is 16.3 Å². The number of thiophene rings is 1. The molecule has 2 N–H and O–H groups in total. The minimum Gasteiger partial charge on any atom is -0.334 e. The molecule has 1 aromatic carbocycles. The molecule has 1 amide bonds. The second kappa shape index (κ2) is 12.5. The van der Waals surface area contributed by atoms with Crippen LogP contribution < -0.4 is 16.2 Å². The summed E-state index contributed by atoms with van der Waals surface area (Å²) in [6.07, 6.45) is 4.62. The Hall–Kier alpha value is -3.89. The van der Waals surface area contributed by atoms with Crippen LogP contribution in [0.15, 0.2) is 53.5 Å². The topological polar surface area (TPSA) is 92.2 Å². The van der Waals surface area contributed by atoms with Gasteiger partial charge in [0.1, 0.15) is 11.5 Å². The SMILES string of the molecule is CCc1sc(C(=O)Nc2cc(-c3cc(Nc4ccc(C5CCN(C)CC5)nn4)c(=O)n(C)c3)ccc2F)cc1C(C)C. The lowest BCUT2D eigenvalue weighted by molar-refractivity contribution is 0.103. The number of nitrogens with zero attached hydrogens (tertiary/aromatic N) is 4. The largest absolute Gasteiger partial charge is 0.334 e. The van der Waals surface area contributed by atoms with Crippen molar-refractivity contribution in [1.82, 2.24) is 19.7 Å². The van der Waals surface area contributed by atoms with Crippen LogP contribution in [-0.2, 0) is 13.5 Å². The monoisotopic (exact) mass is 588 g/mol. The van der Waals surface area contributed by atoms with E-state index >= 15 is 0 Å². The quantitative estimate of drug-likeness (QED) is 0.243. The van der Waals surface area contributed by atoms with Crippen LogP contribution in [0.5, 0.6) is 0 Å². The van der Waals surface area contributed by atoms with Gasteiger partial charge in [-0.2, -0.15) is 5.10 Å². The van der Waals surface area contributed by atoms with Crippen LogP contribution >= 0.6 is 11.3 Å². The van der Waals surface area contributed by atoms with Gasteiger partial charge in [-0.05, 0) is 92.8 Å². The minimum absolute atomic E-state index is 0.0776. The molecule has 1 saturated heterocycles. The third-order valence-corrected chi connectivity index (χ3v) is 9.12. The van der Waals surface area contributed by atoms with Gasteiger partial charge in [0.2, 0.25) is 0 Å². The maximum absolute atomic E-state index is 14.8. The number of nitrogens with one attached hydrogen (secondary N) is 2. The maximum atomic E-state index is 14.8. The number of benzene rings is 1. The van der Waals surface area contributed by atoms with Gasteiger partial charge in [0, 0.05) is 29.6 Å². The highest BCUT2D eigenvalue weighted by molar-refractivity contribution is 7.14. The van der Waals surface area contributed by atoms with E-state index in [9.17, 15) is 14.0 Å². The summed E-state index contributed by atoms with van der Waals surface area (Å²) in [6, 6.07) is 12.0. The van der Waals surface area contributed by atoms with Gasteiger partial charge in [0.25, 0.3) is 11.5 Å². The molecule has 10 heteroatoms. The number of rotatable bonds is 8. The van der Waals surface area contributed by atoms with Crippen molar-refractivity contribution in [1.29, 1.82) is 0 Å². The number of anilines is 3. The molecule has 0 spiro atoms. The number of hydrogen-bond donors (Lipinski definition) is 2. The lowest BCUT2D eigenvalue weighted by Crippen LogP contribution is -2.29. The Bertz CT molecular complexity index is 1640. The first-order valence-electron chi connectivity index (χ1n) is 14.4. The van der Waals surface area contributed by atoms with Gasteiger partial charge in [-0.15, -0.1) is 16.4 Å². The van der Waals surface area contributed by atoms with Gasteiger partial charge < -0.3 is 20.1 Å². The molecule has 0 bridgehead atoms. The van der Waals surface area contributed by atoms with Gasteiger partial charge in [-0.3, -0.25) is 9.59 Å². The van der Waals surface area contributed by atoms with Crippen LogP contribution in [-0.4, -0.2) is 45.7 Å². The van der Waals surface area contributed by atoms with Gasteiger partial charge in [0.15, 0.2) is 5.82 Å². The van der Waals surface area contributed by atoms with Crippen LogP contribution in [0, 0.1) is 5.82 Å². The molecule has 1 aliphatic rings. The molecule has 0 unspecified atom stereocenters. The fourth-order valence-corrected chi connectivity index (χ4v) is 6.48. The molecule has 0 saturated carbocycles. The lowest BCUT2D eigenvalue weighted by Gasteiger charge is -2.28. The number of carbonyl (C=O) groups excluding carboxylic acids is 1. The van der Waals surface area contributed by atoms with E-state index in [-0.39, 0.29) is 17.2 Å². The number of hydrogen-bond acceptors (Lipinski definition) is 7. The Morgan fingerprint density at radius 2 is 1.79 bits per heavy atom. The minimum atomic E-state index is -0.536. The average Bonchev–Trinajstić information content (AvgIpc) is 3.43. The molecule has 1 aliphatic heterocycles. The molecule has 220 valence electrons. The van der Waals surface area contributed by atoms with Gasteiger partial charge in [-0.25, -0.2) is 4.39 Å². The Balaban J connectivity index is 1.36. The number of halogens is 1. The Kier molecular flexibility index (Phi) is 8.84. The summed E-state index contributed by atoms with van der Waals surface area (Å²) in [5.41, 5.74) is 3.60. The van der Waals surface area contributed by atoms with E-state index in [0.717, 1.165) is 48.5 Å². The number of aromatic nitrogens is 3. The molecule has 3 aromatic heterocycles. The second-order valence-corrected chi connectivity index (χ2v) is 12.4. The summed E-state index contributed by atoms with van der Waals surface area (Å²) in [6.45, 7) is 8.34. The van der Waals surface area contributed by atoms with E-state index in [2.05, 4.69) is 53.5 Å². The Morgan fingerprint density at radius 3 is 2.43 bits per heavy atom. The summed E-state index contributed by atoms with van der Waals surface area (Å²) < 4.78 is 16.3. The molecule has 5 rings (SSSR count). The van der Waals surface area contributed by atoms with Crippen molar-refractivity contribution in [2.45, 2.75) is 51.9 Å². The predicted octanol–water partition coefficient (Wildman–Crippen LogP) is 6.53. The van der Waals surface area contributed by atoms with Crippen LogP contribution in [0.4, 0.5) is 21.6 Å². The first-order chi connectivity index (χ1) is 20.1. The van der Waals surface area contributed by atoms with Crippen molar-refractivity contribution in [2.24, 2.45) is 7.05 Å². The highest BCUT2D eigenvalue weighted by Gasteiger charge is 2.21. The number of piperidine rings is 1. The van der Waals surface area contributed by atoms with E-state index in [4.69, 9.17) is 0 Å². The molecular formula is C32H37FN6O2S. The second-order valence-electron chi connectivity index (χ2n) is 11.3. The summed E-state index contributed by atoms with van der Waals surface area (Å²) >= 11 is 1.44. The number of carbonyl (C=O) groups is 1. The molecule has 0 aliphatic carbocycles. The molecule has 8 nitrogen and oxygen atoms in total. The van der Waals surface area contributed by atoms with Gasteiger partial charge in [-0.1, -0.05) is 26.8 Å². The number of likely N-dealkylation sites (tertiary alicyclic amines) is 1. The molecule has 0 atom stereocenters. The van der Waals surface area contributed by atoms with E-state index in [1.54, 1.807) is 31.4 Å². The summed E-state index contributed by atoms with van der Waals surface area (Å²) in [4.78, 5) is 30.1. The van der Waals surface area contributed by atoms with Crippen molar-refractivity contribution < 1.29 is 9.18 Å². The maximum Gasteiger partial charge on any atom is 0.274 e. The molecule has 4 heterocycles. The van der Waals surface area contributed by atoms with Crippen molar-refractivity contribution in [3.05, 3.63) is 85.8 Å². The zero-order chi connectivity index (χ0) is 30.0. The zero-order valence-corrected chi connectivity index (χ0v) is 25.5. The van der Waals surface area contributed by atoms with Gasteiger partial charge >= 0.3 is 0 Å². The standard InChI is InChI=1S/C32H37FN6O2S/c1-6-28-23(19(2)3)17-29(42-28)31(40)35-26-15-21(7-8-24(26)33)22-16-27(32(41)39(5)18-22)34-30-10-9-25(36-37-30)20-11-13-38(4)14-12-20/h7-10,15-20H,6,11-14H2,1-5H3,(H,34,37)(H,35,40). The fraction of sp³-hybridized carbons (Fsp3) is 0.375. The smallest absolute Gasteiger partial charge is 0.274 e. The van der Waals surface area contributed by atoms with Crippen molar-refractivity contribution in [3.63, 3.8) is 0 Å². The molecule has 4 aromatic rings. The van der Waals surface area contributed by atoms with Crippen LogP contribution in [0.3, 0.4) is 0 Å². The average molecular weight is 589 g/mol. The number of aryl methyl sites for hydroxylation is 2. The van der Waals surface area contributed by atoms with Crippen LogP contribution in [0.2, 0.25) is 0 Å². The Labute approximate surface area is 249 Å². The first-order valence-corrected chi connectivity index (χ1v) is 15.2.